The molecule has 0 saturated heterocycles. The lowest BCUT2D eigenvalue weighted by atomic mass is 9.79. The van der Waals surface area contributed by atoms with Crippen molar-refractivity contribution in [1.82, 2.24) is 0 Å². The molecular weight excluding hydrogens is 228 g/mol. The molecule has 0 saturated carbocycles. The second-order valence-electron chi connectivity index (χ2n) is 2.95. The first-order valence-electron chi connectivity index (χ1n) is 4.19. The zero-order chi connectivity index (χ0) is 12.3. The van der Waals surface area contributed by atoms with Gasteiger partial charge in [0.2, 0.25) is 0 Å². The van der Waals surface area contributed by atoms with E-state index in [9.17, 15) is 13.2 Å². The summed E-state index contributed by atoms with van der Waals surface area (Å²) in [6.45, 7) is -0.702. The topological polar surface area (TPSA) is 69.9 Å². The number of ether oxygens (including phenoxy) is 1. The number of benzene rings is 1. The average Bonchev–Trinajstić information content (AvgIpc) is 2.15. The van der Waals surface area contributed by atoms with E-state index in [0.717, 1.165) is 18.2 Å². The van der Waals surface area contributed by atoms with Crippen LogP contribution in [0.1, 0.15) is 5.56 Å². The van der Waals surface area contributed by atoms with Crippen LogP contribution in [0.15, 0.2) is 18.2 Å². The van der Waals surface area contributed by atoms with E-state index in [2.05, 4.69) is 4.74 Å². The first kappa shape index (κ1) is 12.8. The van der Waals surface area contributed by atoms with E-state index in [4.69, 9.17) is 15.2 Å². The highest BCUT2D eigenvalue weighted by molar-refractivity contribution is 6.58. The van der Waals surface area contributed by atoms with Crippen molar-refractivity contribution in [2.24, 2.45) is 0 Å². The molecule has 0 aliphatic carbocycles. The summed E-state index contributed by atoms with van der Waals surface area (Å²) in [7, 11) is -1.81. The fraction of sp³-hybridized carbons (Fsp3) is 0.250. The van der Waals surface area contributed by atoms with Crippen LogP contribution < -0.4 is 10.2 Å². The van der Waals surface area contributed by atoms with Crippen LogP contribution in [0.4, 0.5) is 13.2 Å². The molecule has 0 amide bonds. The van der Waals surface area contributed by atoms with Crippen LogP contribution in [-0.2, 0) is 6.61 Å². The lowest BCUT2D eigenvalue weighted by Gasteiger charge is -2.13. The summed E-state index contributed by atoms with van der Waals surface area (Å²) in [5.41, 5.74) is -0.207. The Morgan fingerprint density at radius 1 is 1.25 bits per heavy atom. The third-order valence-corrected chi connectivity index (χ3v) is 1.78. The molecule has 16 heavy (non-hydrogen) atoms. The molecule has 1 aromatic carbocycles. The zero-order valence-electron chi connectivity index (χ0n) is 7.90. The Bertz CT molecular complexity index is 367. The van der Waals surface area contributed by atoms with Crippen molar-refractivity contribution in [3.63, 3.8) is 0 Å². The van der Waals surface area contributed by atoms with Gasteiger partial charge in [0.1, 0.15) is 5.75 Å². The molecule has 0 atom stereocenters. The normalized spacial score (nSPS) is 11.4. The van der Waals surface area contributed by atoms with Gasteiger partial charge in [-0.2, -0.15) is 0 Å². The van der Waals surface area contributed by atoms with Crippen LogP contribution in [0.5, 0.6) is 5.75 Å². The number of halogens is 3. The average molecular weight is 236 g/mol. The quantitative estimate of drug-likeness (QED) is 0.633. The van der Waals surface area contributed by atoms with Gasteiger partial charge >= 0.3 is 13.5 Å². The summed E-state index contributed by atoms with van der Waals surface area (Å²) in [5, 5.41) is 26.4. The number of hydrogen-bond acceptors (Lipinski definition) is 4. The van der Waals surface area contributed by atoms with Crippen molar-refractivity contribution in [3.8, 4) is 5.75 Å². The fourth-order valence-electron chi connectivity index (χ4n) is 1.11. The van der Waals surface area contributed by atoms with Crippen molar-refractivity contribution in [2.75, 3.05) is 0 Å². The molecule has 1 aromatic rings. The number of alkyl halides is 3. The maximum absolute atomic E-state index is 11.9. The molecule has 4 nitrogen and oxygen atoms in total. The summed E-state index contributed by atoms with van der Waals surface area (Å²) in [5.74, 6) is -0.570. The lowest BCUT2D eigenvalue weighted by Crippen LogP contribution is -2.30. The van der Waals surface area contributed by atoms with E-state index >= 15 is 0 Å². The molecule has 0 aliphatic heterocycles. The Morgan fingerprint density at radius 2 is 1.88 bits per heavy atom. The van der Waals surface area contributed by atoms with E-state index in [0.29, 0.717) is 0 Å². The van der Waals surface area contributed by atoms with Gasteiger partial charge in [0.15, 0.2) is 0 Å². The van der Waals surface area contributed by atoms with E-state index in [1.165, 1.54) is 0 Å². The van der Waals surface area contributed by atoms with Gasteiger partial charge in [0, 0.05) is 5.56 Å². The number of rotatable bonds is 3. The number of aliphatic hydroxyl groups is 1. The second-order valence-corrected chi connectivity index (χ2v) is 2.95. The highest BCUT2D eigenvalue weighted by Crippen LogP contribution is 2.25. The Kier molecular flexibility index (Phi) is 3.79. The molecule has 8 heteroatoms. The van der Waals surface area contributed by atoms with Gasteiger partial charge in [0.05, 0.1) is 6.61 Å². The summed E-state index contributed by atoms with van der Waals surface area (Å²) >= 11 is 0. The standard InChI is InChI=1S/C8H8BF3O4/c10-8(11,12)16-7-2-1-6(9(14)15)3-5(7)4-13/h1-3,13-15H,4H2. The Morgan fingerprint density at radius 3 is 2.31 bits per heavy atom. The minimum atomic E-state index is -4.86. The van der Waals surface area contributed by atoms with E-state index in [1.807, 2.05) is 0 Å². The first-order chi connectivity index (χ1) is 7.33. The van der Waals surface area contributed by atoms with Crippen LogP contribution in [0.25, 0.3) is 0 Å². The minimum absolute atomic E-state index is 0.0291. The van der Waals surface area contributed by atoms with Crippen LogP contribution in [-0.4, -0.2) is 28.6 Å². The zero-order valence-corrected chi connectivity index (χ0v) is 7.90. The molecule has 0 radical (unpaired) electrons. The van der Waals surface area contributed by atoms with Gasteiger partial charge in [-0.3, -0.25) is 0 Å². The van der Waals surface area contributed by atoms with E-state index in [1.54, 1.807) is 0 Å². The van der Waals surface area contributed by atoms with Gasteiger partial charge in [-0.15, -0.1) is 13.2 Å². The van der Waals surface area contributed by atoms with Crippen molar-refractivity contribution in [3.05, 3.63) is 23.8 Å². The SMILES string of the molecule is OCc1cc(B(O)O)ccc1OC(F)(F)F. The summed E-state index contributed by atoms with van der Waals surface area (Å²) < 4.78 is 39.4. The monoisotopic (exact) mass is 236 g/mol. The smallest absolute Gasteiger partial charge is 0.423 e. The lowest BCUT2D eigenvalue weighted by molar-refractivity contribution is -0.275. The maximum Gasteiger partial charge on any atom is 0.573 e. The highest BCUT2D eigenvalue weighted by Gasteiger charge is 2.32. The van der Waals surface area contributed by atoms with E-state index in [-0.39, 0.29) is 11.0 Å². The molecule has 0 heterocycles. The highest BCUT2D eigenvalue weighted by atomic mass is 19.4. The third kappa shape index (κ3) is 3.40. The summed E-state index contributed by atoms with van der Waals surface area (Å²) in [4.78, 5) is 0. The Balaban J connectivity index is 3.02. The van der Waals surface area contributed by atoms with Crippen molar-refractivity contribution < 1.29 is 33.1 Å². The predicted octanol–water partition coefficient (Wildman–Crippen LogP) is -0.243. The fourth-order valence-corrected chi connectivity index (χ4v) is 1.11. The van der Waals surface area contributed by atoms with Gasteiger partial charge in [-0.25, -0.2) is 0 Å². The summed E-state index contributed by atoms with van der Waals surface area (Å²) in [6.07, 6.45) is -4.86. The van der Waals surface area contributed by atoms with Crippen molar-refractivity contribution >= 4 is 12.6 Å². The molecule has 0 aliphatic rings. The first-order valence-corrected chi connectivity index (χ1v) is 4.19. The molecule has 0 spiro atoms. The number of hydrogen-bond donors (Lipinski definition) is 3. The van der Waals surface area contributed by atoms with Gasteiger partial charge in [0.25, 0.3) is 0 Å². The maximum atomic E-state index is 11.9. The van der Waals surface area contributed by atoms with Crippen LogP contribution in [0.3, 0.4) is 0 Å². The van der Waals surface area contributed by atoms with Gasteiger partial charge < -0.3 is 19.9 Å². The Hall–Kier alpha value is -1.25. The van der Waals surface area contributed by atoms with Gasteiger partial charge in [-0.1, -0.05) is 12.1 Å². The largest absolute Gasteiger partial charge is 0.573 e. The summed E-state index contributed by atoms with van der Waals surface area (Å²) in [6, 6.07) is 2.99. The van der Waals surface area contributed by atoms with Crippen molar-refractivity contribution in [2.45, 2.75) is 13.0 Å². The van der Waals surface area contributed by atoms with Gasteiger partial charge in [-0.05, 0) is 11.5 Å². The molecule has 0 bridgehead atoms. The van der Waals surface area contributed by atoms with Crippen LogP contribution >= 0.6 is 0 Å². The minimum Gasteiger partial charge on any atom is -0.423 e. The van der Waals surface area contributed by atoms with Crippen LogP contribution in [0.2, 0.25) is 0 Å². The van der Waals surface area contributed by atoms with Crippen LogP contribution in [0, 0.1) is 0 Å². The third-order valence-electron chi connectivity index (χ3n) is 1.78. The Labute approximate surface area is 89.0 Å². The number of aliphatic hydroxyl groups excluding tert-OH is 1. The molecule has 0 fully saturated rings. The molecule has 0 unspecified atom stereocenters. The molecule has 1 rings (SSSR count). The molecule has 3 N–H and O–H groups in total. The predicted molar refractivity (Wildman–Crippen MR) is 48.9 cm³/mol. The van der Waals surface area contributed by atoms with Crippen molar-refractivity contribution in [1.29, 1.82) is 0 Å². The molecule has 0 aromatic heterocycles. The molecule has 88 valence electrons. The molecular formula is C8H8BF3O4. The van der Waals surface area contributed by atoms with E-state index < -0.39 is 25.8 Å². The second kappa shape index (κ2) is 4.73.